The van der Waals surface area contributed by atoms with Gasteiger partial charge in [0.1, 0.15) is 39.2 Å². The Labute approximate surface area is 863 Å². The molecule has 3 heterocycles. The van der Waals surface area contributed by atoms with Gasteiger partial charge in [-0.05, 0) is 290 Å². The lowest BCUT2D eigenvalue weighted by molar-refractivity contribution is 0.426. The fraction of sp³-hybridized carbons (Fsp3) is 0. The van der Waals surface area contributed by atoms with E-state index in [0.717, 1.165) is 115 Å². The normalized spacial score (nSPS) is 11.3. The second kappa shape index (κ2) is 40.8. The average molecular weight is 2090 g/mol. The maximum atomic E-state index is 9.43. The van der Waals surface area contributed by atoms with Gasteiger partial charge in [0.05, 0.1) is 0 Å². The zero-order valence-electron chi connectivity index (χ0n) is 77.7. The molecule has 0 bridgehead atoms. The first-order valence-electron chi connectivity index (χ1n) is 47.8. The molecule has 1 radical (unpaired) electrons. The number of benzene rings is 24. The van der Waals surface area contributed by atoms with E-state index < -0.39 is 7.12 Å². The third kappa shape index (κ3) is 18.6. The molecule has 12 heteroatoms. The van der Waals surface area contributed by atoms with Crippen LogP contribution in [-0.2, 0) is 0 Å². The number of furan rings is 3. The van der Waals surface area contributed by atoms with Crippen LogP contribution in [0.3, 0.4) is 0 Å². The fourth-order valence-electron chi connectivity index (χ4n) is 20.2. The second-order valence-electron chi connectivity index (χ2n) is 35.7. The van der Waals surface area contributed by atoms with Crippen LogP contribution in [0.2, 0.25) is 0 Å². The molecule has 24 aromatic carbocycles. The van der Waals surface area contributed by atoms with E-state index in [1.54, 1.807) is 18.2 Å². The molecular formula is C132H86B2Br2IO7. The Morgan fingerprint density at radius 2 is 0.465 bits per heavy atom. The van der Waals surface area contributed by atoms with E-state index in [-0.39, 0.29) is 0 Å². The van der Waals surface area contributed by atoms with Gasteiger partial charge in [0.25, 0.3) is 0 Å². The lowest BCUT2D eigenvalue weighted by atomic mass is 9.80. The van der Waals surface area contributed by atoms with E-state index in [9.17, 15) is 5.02 Å². The Morgan fingerprint density at radius 1 is 0.208 bits per heavy atom. The number of rotatable bonds is 13. The van der Waals surface area contributed by atoms with Gasteiger partial charge < -0.3 is 33.0 Å². The molecule has 27 aromatic rings. The van der Waals surface area contributed by atoms with Crippen LogP contribution >= 0.6 is 54.5 Å². The molecule has 0 saturated heterocycles. The van der Waals surface area contributed by atoms with Crippen molar-refractivity contribution in [2.45, 2.75) is 0 Å². The van der Waals surface area contributed by atoms with Gasteiger partial charge in [0, 0.05) is 55.6 Å². The lowest BCUT2D eigenvalue weighted by Gasteiger charge is -2.18. The van der Waals surface area contributed by atoms with E-state index in [1.807, 2.05) is 84.9 Å². The fourth-order valence-corrected chi connectivity index (χ4v) is 21.0. The van der Waals surface area contributed by atoms with E-state index in [2.05, 4.69) is 455 Å². The minimum Gasteiger partial charge on any atom is -0.537 e. The molecule has 0 fully saturated rings. The Morgan fingerprint density at radius 3 is 0.833 bits per heavy atom. The summed E-state index contributed by atoms with van der Waals surface area (Å²) < 4.78 is 26.7. The minimum absolute atomic E-state index is 0.471. The van der Waals surface area contributed by atoms with Crippen LogP contribution in [0.1, 0.15) is 0 Å². The zero-order chi connectivity index (χ0) is 97.1. The first-order valence-corrected chi connectivity index (χ1v) is 50.4. The zero-order valence-corrected chi connectivity index (χ0v) is 83.0. The Kier molecular flexibility index (Phi) is 25.9. The summed E-state index contributed by atoms with van der Waals surface area (Å²) in [5.74, 6) is 0.664. The van der Waals surface area contributed by atoms with Crippen molar-refractivity contribution in [1.82, 2.24) is 0 Å². The van der Waals surface area contributed by atoms with Crippen molar-refractivity contribution < 1.29 is 33.0 Å². The summed E-state index contributed by atoms with van der Waals surface area (Å²) in [5, 5.41) is 48.3. The van der Waals surface area contributed by atoms with Gasteiger partial charge in [-0.1, -0.05) is 438 Å². The standard InChI is InChI=1S/C54H34O.C30H20BO2.C24H15BrO.C12H9BO3.C12H8BrI/c1-2-15-43-38(11-1)12-10-21-44(43)41-13-9-14-42(33-41)54-48-19-5-3-17-46(48)53(47-18-4-6-20-49(47)54)39-29-27-36(28-30-39)35-23-25-37(26-24-35)40-31-32-52-50(34-40)45-16-7-8-22-51(45)55-52;32-31-33-30-27-16-5-3-14-25(27)29(26-15-4-6-17-28(26)30)22-12-7-11-21(19-22)24-18-8-10-20-9-1-2-13-23(20)24;25-20-12-9-17(10-13-20)16-5-7-18(8-6-16)19-11-14-24-22(15-19)21-3-1-2-4-23(21)26-24;14-13(15)8-5-6-12-10(7-8)9-3-1-2-4-11(9)16-12;13-11-5-1-9(2-6-11)10-3-7-12(14)8-4-10/h1-34H;1-19,32H;1-15H;1-7,14-15H;1-8H. The van der Waals surface area contributed by atoms with E-state index in [4.69, 9.17) is 28.0 Å². The molecule has 0 amide bonds. The highest BCUT2D eigenvalue weighted by Gasteiger charge is 2.23. The van der Waals surface area contributed by atoms with E-state index in [1.165, 1.54) is 147 Å². The molecule has 0 aliphatic carbocycles. The summed E-state index contributed by atoms with van der Waals surface area (Å²) in [5.41, 5.74) is 30.0. The molecule has 683 valence electrons. The first kappa shape index (κ1) is 91.5. The second-order valence-corrected chi connectivity index (χ2v) is 38.8. The van der Waals surface area contributed by atoms with Crippen molar-refractivity contribution in [3.05, 3.63) is 516 Å². The number of hydrogen-bond acceptors (Lipinski definition) is 7. The van der Waals surface area contributed by atoms with Crippen LogP contribution in [0.15, 0.2) is 526 Å². The molecule has 0 aliphatic rings. The van der Waals surface area contributed by atoms with Gasteiger partial charge >= 0.3 is 14.8 Å². The monoisotopic (exact) mass is 2090 g/mol. The topological polar surface area (TPSA) is 109 Å². The third-order valence-electron chi connectivity index (χ3n) is 27.1. The molecule has 144 heavy (non-hydrogen) atoms. The molecule has 0 spiro atoms. The third-order valence-corrected chi connectivity index (χ3v) is 28.9. The van der Waals surface area contributed by atoms with Crippen LogP contribution in [-0.4, -0.2) is 29.9 Å². The number of halogens is 3. The van der Waals surface area contributed by atoms with Crippen molar-refractivity contribution in [2.24, 2.45) is 0 Å². The number of fused-ring (bicyclic) bond motifs is 15. The quantitative estimate of drug-likeness (QED) is 0.0599. The first-order chi connectivity index (χ1) is 70.9. The van der Waals surface area contributed by atoms with Crippen molar-refractivity contribution in [1.29, 1.82) is 0 Å². The van der Waals surface area contributed by atoms with E-state index in [0.29, 0.717) is 11.2 Å². The summed E-state index contributed by atoms with van der Waals surface area (Å²) in [4.78, 5) is 0. The summed E-state index contributed by atoms with van der Waals surface area (Å²) in [6.45, 7) is 0. The van der Waals surface area contributed by atoms with Gasteiger partial charge in [-0.2, -0.15) is 0 Å². The predicted octanol–water partition coefficient (Wildman–Crippen LogP) is 36.4. The molecule has 0 saturated carbocycles. The van der Waals surface area contributed by atoms with Crippen molar-refractivity contribution in [3.63, 3.8) is 0 Å². The van der Waals surface area contributed by atoms with Crippen molar-refractivity contribution in [2.75, 3.05) is 0 Å². The average Bonchev–Trinajstić information content (AvgIpc) is 0.941. The van der Waals surface area contributed by atoms with Gasteiger partial charge in [0.15, 0.2) is 0 Å². The molecule has 0 unspecified atom stereocenters. The highest BCUT2D eigenvalue weighted by atomic mass is 127. The van der Waals surface area contributed by atoms with Crippen LogP contribution in [0.4, 0.5) is 0 Å². The Hall–Kier alpha value is -16.3. The van der Waals surface area contributed by atoms with Gasteiger partial charge in [-0.15, -0.1) is 0 Å². The van der Waals surface area contributed by atoms with Crippen molar-refractivity contribution in [3.8, 4) is 117 Å². The maximum Gasteiger partial charge on any atom is 0.569 e. The van der Waals surface area contributed by atoms with Crippen LogP contribution in [0, 0.1) is 3.57 Å². The molecule has 27 rings (SSSR count). The molecular weight excluding hydrogens is 2010 g/mol. The van der Waals surface area contributed by atoms with Crippen LogP contribution in [0.5, 0.6) is 5.75 Å². The predicted molar refractivity (Wildman–Crippen MR) is 620 cm³/mol. The van der Waals surface area contributed by atoms with Gasteiger partial charge in [0.2, 0.25) is 0 Å². The largest absolute Gasteiger partial charge is 0.569 e. The summed E-state index contributed by atoms with van der Waals surface area (Å²) in [6.07, 6.45) is 0. The van der Waals surface area contributed by atoms with E-state index >= 15 is 0 Å². The SMILES string of the molecule is Brc1ccc(-c2ccc(-c3ccc4oc5ccccc5c4c3)cc2)cc1.Brc1ccc(-c2ccc(I)cc2)cc1.OB(O)c1ccc2oc3ccccc3c2c1.O[B]Oc1c2ccccc2c(-c2cccc(-c3cccc4ccccc34)c2)c2ccccc12.c1cc(-c2cccc3ccccc23)cc(-c2c3ccccc3c(-c3ccc(-c4ccc(-c5ccc6oc7ccccc7c6c5)cc4)cc3)c3ccccc23)c1. The summed E-state index contributed by atoms with van der Waals surface area (Å²) >= 11 is 9.23. The van der Waals surface area contributed by atoms with Crippen molar-refractivity contribution >= 4 is 205 Å². The van der Waals surface area contributed by atoms with Crippen LogP contribution in [0.25, 0.3) is 242 Å². The summed E-state index contributed by atoms with van der Waals surface area (Å²) in [7, 11) is -0.687. The molecule has 0 atom stereocenters. The van der Waals surface area contributed by atoms with Gasteiger partial charge in [-0.3, -0.25) is 0 Å². The Balaban J connectivity index is 0.000000109. The molecule has 3 N–H and O–H groups in total. The minimum atomic E-state index is -1.45. The molecule has 0 aliphatic heterocycles. The molecule has 7 nitrogen and oxygen atoms in total. The smallest absolute Gasteiger partial charge is 0.537 e. The number of hydrogen-bond donors (Lipinski definition) is 3. The highest BCUT2D eigenvalue weighted by molar-refractivity contribution is 14.1. The maximum absolute atomic E-state index is 9.43. The Bertz CT molecular complexity index is 9310. The number of para-hydroxylation sites is 3. The van der Waals surface area contributed by atoms with Gasteiger partial charge in [-0.25, -0.2) is 0 Å². The molecule has 3 aromatic heterocycles. The van der Waals surface area contributed by atoms with Crippen LogP contribution < -0.4 is 10.1 Å². The lowest BCUT2D eigenvalue weighted by Crippen LogP contribution is -2.29. The highest BCUT2D eigenvalue weighted by Crippen LogP contribution is 2.49. The summed E-state index contributed by atoms with van der Waals surface area (Å²) in [6, 6.07) is 176.